The minimum Gasteiger partial charge on any atom is -0.341 e. The summed E-state index contributed by atoms with van der Waals surface area (Å²) < 4.78 is 2.31. The molecular formula is C28H23NOS. The molecule has 1 heterocycles. The highest BCUT2D eigenvalue weighted by Gasteiger charge is 2.14. The zero-order valence-corrected chi connectivity index (χ0v) is 18.4. The van der Waals surface area contributed by atoms with Crippen molar-refractivity contribution in [2.75, 3.05) is 0 Å². The predicted molar refractivity (Wildman–Crippen MR) is 130 cm³/mol. The molecule has 31 heavy (non-hydrogen) atoms. The standard InChI is InChI=1S/C28H23NOS/c1-3-29-26-15-9-19(2)17-24(26)25-18-21(12-16-27(25)29)28(30)20-10-13-23(14-11-20)31-22-7-5-4-6-8-22/h4-18H,3H2,1-2H3. The largest absolute Gasteiger partial charge is 0.341 e. The first-order valence-corrected chi connectivity index (χ1v) is 11.4. The van der Waals surface area contributed by atoms with Gasteiger partial charge < -0.3 is 4.57 Å². The van der Waals surface area contributed by atoms with Crippen LogP contribution in [0.3, 0.4) is 0 Å². The number of hydrogen-bond donors (Lipinski definition) is 0. The zero-order chi connectivity index (χ0) is 21.4. The van der Waals surface area contributed by atoms with E-state index in [0.29, 0.717) is 5.56 Å². The predicted octanol–water partition coefficient (Wildman–Crippen LogP) is 7.51. The van der Waals surface area contributed by atoms with Crippen molar-refractivity contribution >= 4 is 39.4 Å². The van der Waals surface area contributed by atoms with Gasteiger partial charge in [0.15, 0.2) is 5.78 Å². The molecule has 0 atom stereocenters. The summed E-state index contributed by atoms with van der Waals surface area (Å²) in [6.45, 7) is 5.17. The smallest absolute Gasteiger partial charge is 0.193 e. The third-order valence-corrected chi connectivity index (χ3v) is 6.71. The monoisotopic (exact) mass is 421 g/mol. The molecule has 0 unspecified atom stereocenters. The molecule has 0 N–H and O–H groups in total. The molecule has 152 valence electrons. The lowest BCUT2D eigenvalue weighted by atomic mass is 10.0. The molecule has 0 bridgehead atoms. The number of carbonyl (C=O) groups excluding carboxylic acids is 1. The van der Waals surface area contributed by atoms with E-state index in [2.05, 4.69) is 60.9 Å². The highest BCUT2D eigenvalue weighted by molar-refractivity contribution is 7.99. The second-order valence-electron chi connectivity index (χ2n) is 7.77. The molecule has 2 nitrogen and oxygen atoms in total. The van der Waals surface area contributed by atoms with Crippen LogP contribution in [0.2, 0.25) is 0 Å². The number of fused-ring (bicyclic) bond motifs is 3. The molecular weight excluding hydrogens is 398 g/mol. The molecule has 1 aromatic heterocycles. The molecule has 0 aliphatic carbocycles. The Hall–Kier alpha value is -3.30. The Kier molecular flexibility index (Phi) is 5.13. The molecule has 0 saturated heterocycles. The highest BCUT2D eigenvalue weighted by atomic mass is 32.2. The fraction of sp³-hybridized carbons (Fsp3) is 0.107. The van der Waals surface area contributed by atoms with Crippen molar-refractivity contribution in [3.8, 4) is 0 Å². The van der Waals surface area contributed by atoms with Gasteiger partial charge in [0.2, 0.25) is 0 Å². The van der Waals surface area contributed by atoms with Gasteiger partial charge in [0.1, 0.15) is 0 Å². The van der Waals surface area contributed by atoms with Crippen LogP contribution in [0.4, 0.5) is 0 Å². The fourth-order valence-electron chi connectivity index (χ4n) is 4.17. The van der Waals surface area contributed by atoms with Crippen LogP contribution >= 0.6 is 11.8 Å². The van der Waals surface area contributed by atoms with Crippen LogP contribution in [0.25, 0.3) is 21.8 Å². The molecule has 0 aliphatic rings. The summed E-state index contributed by atoms with van der Waals surface area (Å²) in [7, 11) is 0. The molecule has 0 amide bonds. The highest BCUT2D eigenvalue weighted by Crippen LogP contribution is 2.32. The lowest BCUT2D eigenvalue weighted by Gasteiger charge is -2.06. The van der Waals surface area contributed by atoms with Crippen molar-refractivity contribution < 1.29 is 4.79 Å². The van der Waals surface area contributed by atoms with Crippen molar-refractivity contribution in [2.45, 2.75) is 30.2 Å². The van der Waals surface area contributed by atoms with Gasteiger partial charge in [-0.25, -0.2) is 0 Å². The number of nitrogens with zero attached hydrogens (tertiary/aromatic N) is 1. The number of carbonyl (C=O) groups is 1. The molecule has 0 spiro atoms. The first kappa shape index (κ1) is 19.7. The van der Waals surface area contributed by atoms with Crippen LogP contribution in [0, 0.1) is 6.92 Å². The molecule has 0 fully saturated rings. The summed E-state index contributed by atoms with van der Waals surface area (Å²) in [6.07, 6.45) is 0. The Morgan fingerprint density at radius 2 is 1.35 bits per heavy atom. The summed E-state index contributed by atoms with van der Waals surface area (Å²) >= 11 is 1.70. The minimum atomic E-state index is 0.0585. The van der Waals surface area contributed by atoms with Gasteiger partial charge in [0, 0.05) is 49.3 Å². The minimum absolute atomic E-state index is 0.0585. The van der Waals surface area contributed by atoms with E-state index in [1.807, 2.05) is 48.5 Å². The van der Waals surface area contributed by atoms with Crippen molar-refractivity contribution in [1.82, 2.24) is 4.57 Å². The summed E-state index contributed by atoms with van der Waals surface area (Å²) in [5.41, 5.74) is 5.06. The third kappa shape index (κ3) is 3.66. The zero-order valence-electron chi connectivity index (χ0n) is 17.6. The van der Waals surface area contributed by atoms with Gasteiger partial charge in [-0.3, -0.25) is 4.79 Å². The number of benzene rings is 4. The lowest BCUT2D eigenvalue weighted by molar-refractivity contribution is 0.103. The lowest BCUT2D eigenvalue weighted by Crippen LogP contribution is -2.01. The van der Waals surface area contributed by atoms with E-state index in [9.17, 15) is 4.79 Å². The Morgan fingerprint density at radius 3 is 2.06 bits per heavy atom. The van der Waals surface area contributed by atoms with Crippen LogP contribution in [0.1, 0.15) is 28.4 Å². The first-order chi connectivity index (χ1) is 15.1. The van der Waals surface area contributed by atoms with Gasteiger partial charge in [-0.15, -0.1) is 0 Å². The molecule has 0 aliphatic heterocycles. The second-order valence-corrected chi connectivity index (χ2v) is 8.91. The Bertz CT molecular complexity index is 1400. The van der Waals surface area contributed by atoms with Gasteiger partial charge in [0.05, 0.1) is 0 Å². The molecule has 0 radical (unpaired) electrons. The number of hydrogen-bond acceptors (Lipinski definition) is 2. The Labute approximate surface area is 186 Å². The van der Waals surface area contributed by atoms with Crippen molar-refractivity contribution in [3.63, 3.8) is 0 Å². The van der Waals surface area contributed by atoms with E-state index in [4.69, 9.17) is 0 Å². The molecule has 5 rings (SSSR count). The van der Waals surface area contributed by atoms with E-state index in [0.717, 1.165) is 22.4 Å². The summed E-state index contributed by atoms with van der Waals surface area (Å²) in [6, 6.07) is 30.8. The van der Waals surface area contributed by atoms with Crippen LogP contribution in [-0.2, 0) is 6.54 Å². The fourth-order valence-corrected chi connectivity index (χ4v) is 5.00. The normalized spacial score (nSPS) is 11.3. The van der Waals surface area contributed by atoms with E-state index in [1.54, 1.807) is 11.8 Å². The van der Waals surface area contributed by atoms with E-state index in [-0.39, 0.29) is 5.78 Å². The van der Waals surface area contributed by atoms with Crippen molar-refractivity contribution in [2.24, 2.45) is 0 Å². The Morgan fingerprint density at radius 1 is 0.742 bits per heavy atom. The SMILES string of the molecule is CCn1c2ccc(C)cc2c2cc(C(=O)c3ccc(Sc4ccccc4)cc3)ccc21. The molecule has 4 aromatic carbocycles. The van der Waals surface area contributed by atoms with Crippen LogP contribution in [0.5, 0.6) is 0 Å². The van der Waals surface area contributed by atoms with E-state index >= 15 is 0 Å². The van der Waals surface area contributed by atoms with Crippen molar-refractivity contribution in [3.05, 3.63) is 108 Å². The maximum atomic E-state index is 13.2. The summed E-state index contributed by atoms with van der Waals surface area (Å²) in [4.78, 5) is 15.5. The van der Waals surface area contributed by atoms with Crippen molar-refractivity contribution in [1.29, 1.82) is 0 Å². The van der Waals surface area contributed by atoms with Crippen LogP contribution < -0.4 is 0 Å². The quantitative estimate of drug-likeness (QED) is 0.274. The maximum Gasteiger partial charge on any atom is 0.193 e. The summed E-state index contributed by atoms with van der Waals surface area (Å²) in [5.74, 6) is 0.0585. The van der Waals surface area contributed by atoms with E-state index < -0.39 is 0 Å². The van der Waals surface area contributed by atoms with Gasteiger partial charge in [-0.05, 0) is 80.6 Å². The number of aryl methyl sites for hydroxylation is 2. The first-order valence-electron chi connectivity index (χ1n) is 10.5. The van der Waals surface area contributed by atoms with Crippen LogP contribution in [0.15, 0.2) is 101 Å². The topological polar surface area (TPSA) is 22.0 Å². The Balaban J connectivity index is 1.49. The van der Waals surface area contributed by atoms with Crippen LogP contribution in [-0.4, -0.2) is 10.4 Å². The molecule has 5 aromatic rings. The maximum absolute atomic E-state index is 13.2. The van der Waals surface area contributed by atoms with E-state index in [1.165, 1.54) is 26.9 Å². The third-order valence-electron chi connectivity index (χ3n) is 5.69. The van der Waals surface area contributed by atoms with Gasteiger partial charge in [-0.1, -0.05) is 41.6 Å². The number of ketones is 1. The average Bonchev–Trinajstić information content (AvgIpc) is 3.12. The molecule has 0 saturated carbocycles. The second kappa shape index (κ2) is 8.09. The average molecular weight is 422 g/mol. The van der Waals surface area contributed by atoms with Gasteiger partial charge >= 0.3 is 0 Å². The van der Waals surface area contributed by atoms with Gasteiger partial charge in [0.25, 0.3) is 0 Å². The van der Waals surface area contributed by atoms with Gasteiger partial charge in [-0.2, -0.15) is 0 Å². The summed E-state index contributed by atoms with van der Waals surface area (Å²) in [5, 5.41) is 2.35. The number of aromatic nitrogens is 1. The number of rotatable bonds is 5. The molecule has 3 heteroatoms.